The maximum absolute atomic E-state index is 11.0. The molecule has 1 aromatic heterocycles. The summed E-state index contributed by atoms with van der Waals surface area (Å²) in [5.41, 5.74) is 0.690. The van der Waals surface area contributed by atoms with Gasteiger partial charge >= 0.3 is 5.82 Å². The van der Waals surface area contributed by atoms with E-state index in [1.807, 2.05) is 6.92 Å². The van der Waals surface area contributed by atoms with Crippen LogP contribution in [0.15, 0.2) is 6.33 Å². The predicted octanol–water partition coefficient (Wildman–Crippen LogP) is 2.21. The van der Waals surface area contributed by atoms with Crippen LogP contribution in [0, 0.1) is 10.1 Å². The van der Waals surface area contributed by atoms with Gasteiger partial charge in [-0.05, 0) is 29.3 Å². The van der Waals surface area contributed by atoms with Gasteiger partial charge in [-0.3, -0.25) is 0 Å². The molecule has 0 radical (unpaired) electrons. The minimum absolute atomic E-state index is 0.0262. The first-order chi connectivity index (χ1) is 8.52. The Kier molecular flexibility index (Phi) is 5.27. The molecule has 1 heterocycles. The summed E-state index contributed by atoms with van der Waals surface area (Å²) in [5.74, 6) is 0.0381. The number of nitrogens with zero attached hydrogens (tertiary/aromatic N) is 3. The van der Waals surface area contributed by atoms with E-state index < -0.39 is 4.92 Å². The number of rotatable bonds is 7. The lowest BCUT2D eigenvalue weighted by molar-refractivity contribution is -0.390. The average molecular weight is 254 g/mol. The second-order valence-corrected chi connectivity index (χ2v) is 4.58. The highest BCUT2D eigenvalue weighted by Crippen LogP contribution is 2.28. The minimum atomic E-state index is -0.404. The van der Waals surface area contributed by atoms with Crippen LogP contribution in [0.1, 0.15) is 45.2 Å². The normalized spacial score (nSPS) is 14.4. The van der Waals surface area contributed by atoms with Gasteiger partial charge in [0, 0.05) is 19.0 Å². The molecule has 0 aliphatic heterocycles. The third kappa shape index (κ3) is 3.07. The van der Waals surface area contributed by atoms with Crippen molar-refractivity contribution in [1.82, 2.24) is 14.9 Å². The summed E-state index contributed by atoms with van der Waals surface area (Å²) in [4.78, 5) is 14.4. The second kappa shape index (κ2) is 6.49. The summed E-state index contributed by atoms with van der Waals surface area (Å²) in [7, 11) is 1.80. The zero-order valence-electron chi connectivity index (χ0n) is 11.5. The molecule has 2 unspecified atom stereocenters. The third-order valence-electron chi connectivity index (χ3n) is 3.27. The summed E-state index contributed by atoms with van der Waals surface area (Å²) in [6.45, 7) is 7.14. The highest BCUT2D eigenvalue weighted by Gasteiger charge is 2.29. The van der Waals surface area contributed by atoms with E-state index >= 15 is 0 Å². The van der Waals surface area contributed by atoms with Crippen molar-refractivity contribution in [2.24, 2.45) is 7.05 Å². The van der Waals surface area contributed by atoms with E-state index in [2.05, 4.69) is 24.1 Å². The van der Waals surface area contributed by atoms with E-state index in [4.69, 9.17) is 0 Å². The molecule has 1 rings (SSSR count). The molecule has 0 bridgehead atoms. The summed E-state index contributed by atoms with van der Waals surface area (Å²) in [6, 6.07) is 0.235. The van der Waals surface area contributed by atoms with Crippen molar-refractivity contribution >= 4 is 5.82 Å². The van der Waals surface area contributed by atoms with Crippen LogP contribution in [0.5, 0.6) is 0 Å². The summed E-state index contributed by atoms with van der Waals surface area (Å²) < 4.78 is 1.75. The fraction of sp³-hybridized carbons (Fsp3) is 0.750. The van der Waals surface area contributed by atoms with Gasteiger partial charge in [-0.1, -0.05) is 20.8 Å². The van der Waals surface area contributed by atoms with Crippen LogP contribution in [-0.4, -0.2) is 27.1 Å². The SMILES string of the molecule is CCCNC(CC)C(C)c1c([N+](=O)[O-])ncn1C. The van der Waals surface area contributed by atoms with Crippen molar-refractivity contribution in [2.45, 2.75) is 45.6 Å². The highest BCUT2D eigenvalue weighted by molar-refractivity contribution is 5.31. The summed E-state index contributed by atoms with van der Waals surface area (Å²) >= 11 is 0. The van der Waals surface area contributed by atoms with Crippen molar-refractivity contribution in [2.75, 3.05) is 6.54 Å². The molecule has 1 aromatic rings. The molecule has 0 spiro atoms. The van der Waals surface area contributed by atoms with E-state index in [1.165, 1.54) is 6.33 Å². The Morgan fingerprint density at radius 1 is 1.56 bits per heavy atom. The minimum Gasteiger partial charge on any atom is -0.358 e. The summed E-state index contributed by atoms with van der Waals surface area (Å²) in [6.07, 6.45) is 3.50. The van der Waals surface area contributed by atoms with Gasteiger partial charge in [0.15, 0.2) is 0 Å². The number of hydrogen-bond acceptors (Lipinski definition) is 4. The molecule has 2 atom stereocenters. The zero-order chi connectivity index (χ0) is 13.7. The Hall–Kier alpha value is -1.43. The number of nitrogens with one attached hydrogen (secondary N) is 1. The van der Waals surface area contributed by atoms with Crippen molar-refractivity contribution < 1.29 is 4.92 Å². The largest absolute Gasteiger partial charge is 0.385 e. The molecule has 0 aromatic carbocycles. The Morgan fingerprint density at radius 2 is 2.22 bits per heavy atom. The molecular weight excluding hydrogens is 232 g/mol. The smallest absolute Gasteiger partial charge is 0.358 e. The van der Waals surface area contributed by atoms with Crippen molar-refractivity contribution in [3.8, 4) is 0 Å². The standard InChI is InChI=1S/C12H22N4O2/c1-5-7-13-10(6-2)9(3)11-12(16(17)18)14-8-15(11)4/h8-10,13H,5-7H2,1-4H3. The monoisotopic (exact) mass is 254 g/mol. The quantitative estimate of drug-likeness (QED) is 0.598. The van der Waals surface area contributed by atoms with E-state index in [0.29, 0.717) is 5.69 Å². The first kappa shape index (κ1) is 14.6. The van der Waals surface area contributed by atoms with E-state index in [-0.39, 0.29) is 17.8 Å². The first-order valence-electron chi connectivity index (χ1n) is 6.41. The van der Waals surface area contributed by atoms with Gasteiger partial charge in [-0.15, -0.1) is 0 Å². The second-order valence-electron chi connectivity index (χ2n) is 4.58. The Morgan fingerprint density at radius 3 is 2.72 bits per heavy atom. The van der Waals surface area contributed by atoms with Crippen molar-refractivity contribution in [3.63, 3.8) is 0 Å². The molecule has 0 aliphatic rings. The van der Waals surface area contributed by atoms with Crippen molar-refractivity contribution in [1.29, 1.82) is 0 Å². The van der Waals surface area contributed by atoms with Gasteiger partial charge in [-0.25, -0.2) is 0 Å². The fourth-order valence-corrected chi connectivity index (χ4v) is 2.29. The average Bonchev–Trinajstić information content (AvgIpc) is 2.72. The molecule has 0 saturated carbocycles. The Bertz CT molecular complexity index is 403. The van der Waals surface area contributed by atoms with E-state index in [9.17, 15) is 10.1 Å². The number of imidazole rings is 1. The fourth-order valence-electron chi connectivity index (χ4n) is 2.29. The molecule has 6 nitrogen and oxygen atoms in total. The van der Waals surface area contributed by atoms with Gasteiger partial charge in [0.05, 0.1) is 0 Å². The lowest BCUT2D eigenvalue weighted by atomic mass is 9.95. The van der Waals surface area contributed by atoms with Crippen LogP contribution in [0.3, 0.4) is 0 Å². The van der Waals surface area contributed by atoms with Crippen LogP contribution in [0.25, 0.3) is 0 Å². The van der Waals surface area contributed by atoms with Crippen molar-refractivity contribution in [3.05, 3.63) is 22.1 Å². The molecule has 0 amide bonds. The van der Waals surface area contributed by atoms with E-state index in [1.54, 1.807) is 11.6 Å². The number of nitro groups is 1. The van der Waals surface area contributed by atoms with Crippen LogP contribution in [0.4, 0.5) is 5.82 Å². The summed E-state index contributed by atoms with van der Waals surface area (Å²) in [5, 5.41) is 14.4. The molecule has 0 saturated heterocycles. The Labute approximate surface area is 108 Å². The number of aromatic nitrogens is 2. The molecule has 0 aliphatic carbocycles. The van der Waals surface area contributed by atoms with E-state index in [0.717, 1.165) is 19.4 Å². The van der Waals surface area contributed by atoms with Gasteiger partial charge in [0.1, 0.15) is 5.69 Å². The highest BCUT2D eigenvalue weighted by atomic mass is 16.6. The first-order valence-corrected chi connectivity index (χ1v) is 6.41. The predicted molar refractivity (Wildman–Crippen MR) is 70.7 cm³/mol. The van der Waals surface area contributed by atoms with Crippen LogP contribution < -0.4 is 5.32 Å². The van der Waals surface area contributed by atoms with Crippen LogP contribution in [-0.2, 0) is 7.05 Å². The molecule has 18 heavy (non-hydrogen) atoms. The van der Waals surface area contributed by atoms with Crippen LogP contribution >= 0.6 is 0 Å². The zero-order valence-corrected chi connectivity index (χ0v) is 11.5. The molecule has 102 valence electrons. The molecule has 6 heteroatoms. The van der Waals surface area contributed by atoms with Gasteiger partial charge < -0.3 is 20.0 Å². The molecule has 0 fully saturated rings. The lowest BCUT2D eigenvalue weighted by Crippen LogP contribution is -2.34. The maximum Gasteiger partial charge on any atom is 0.385 e. The van der Waals surface area contributed by atoms with Gasteiger partial charge in [0.25, 0.3) is 0 Å². The van der Waals surface area contributed by atoms with Crippen LogP contribution in [0.2, 0.25) is 0 Å². The maximum atomic E-state index is 11.0. The third-order valence-corrected chi connectivity index (χ3v) is 3.27. The number of hydrogen-bond donors (Lipinski definition) is 1. The topological polar surface area (TPSA) is 73.0 Å². The number of aryl methyl sites for hydroxylation is 1. The lowest BCUT2D eigenvalue weighted by Gasteiger charge is -2.23. The molecular formula is C12H22N4O2. The van der Waals surface area contributed by atoms with Gasteiger partial charge in [-0.2, -0.15) is 0 Å². The van der Waals surface area contributed by atoms with Gasteiger partial charge in [0.2, 0.25) is 6.33 Å². The molecule has 1 N–H and O–H groups in total. The Balaban J connectivity index is 2.96.